The fourth-order valence-corrected chi connectivity index (χ4v) is 1.86. The molecule has 1 atom stereocenters. The first kappa shape index (κ1) is 14.4. The highest BCUT2D eigenvalue weighted by Crippen LogP contribution is 2.13. The molecule has 0 amide bonds. The Morgan fingerprint density at radius 1 is 1.50 bits per heavy atom. The first-order chi connectivity index (χ1) is 9.58. The third-order valence-corrected chi connectivity index (χ3v) is 3.02. The van der Waals surface area contributed by atoms with Crippen molar-refractivity contribution >= 4 is 18.4 Å². The van der Waals surface area contributed by atoms with Crippen LogP contribution in [0.15, 0.2) is 29.4 Å². The second kappa shape index (κ2) is 6.44. The van der Waals surface area contributed by atoms with Crippen LogP contribution in [0, 0.1) is 4.77 Å². The van der Waals surface area contributed by atoms with Crippen molar-refractivity contribution in [1.29, 1.82) is 0 Å². The van der Waals surface area contributed by atoms with Crippen LogP contribution in [0.1, 0.15) is 24.7 Å². The number of aliphatic hydroxyl groups excluding tert-OH is 1. The molecule has 0 bridgehead atoms. The number of nitrogens with one attached hydrogen (secondary N) is 1. The van der Waals surface area contributed by atoms with E-state index in [0.717, 1.165) is 0 Å². The molecule has 1 unspecified atom stereocenters. The Morgan fingerprint density at radius 2 is 2.25 bits per heavy atom. The van der Waals surface area contributed by atoms with Crippen LogP contribution in [-0.4, -0.2) is 37.4 Å². The summed E-state index contributed by atoms with van der Waals surface area (Å²) < 4.78 is 1.86. The zero-order valence-electron chi connectivity index (χ0n) is 11.0. The van der Waals surface area contributed by atoms with Gasteiger partial charge in [0.1, 0.15) is 5.75 Å². The van der Waals surface area contributed by atoms with E-state index in [1.807, 2.05) is 6.07 Å². The molecule has 0 aliphatic heterocycles. The molecule has 2 aromatic rings. The Kier molecular flexibility index (Phi) is 4.65. The number of para-hydroxylation sites is 1. The van der Waals surface area contributed by atoms with E-state index in [1.54, 1.807) is 25.1 Å². The Morgan fingerprint density at radius 3 is 2.95 bits per heavy atom. The molecule has 0 aliphatic carbocycles. The van der Waals surface area contributed by atoms with Crippen LogP contribution in [-0.2, 0) is 6.42 Å². The van der Waals surface area contributed by atoms with Gasteiger partial charge in [0, 0.05) is 12.0 Å². The fourth-order valence-electron chi connectivity index (χ4n) is 1.66. The summed E-state index contributed by atoms with van der Waals surface area (Å²) in [6.07, 6.45) is 2.25. The molecular weight excluding hydrogens is 276 g/mol. The maximum atomic E-state index is 9.67. The van der Waals surface area contributed by atoms with Gasteiger partial charge in [-0.1, -0.05) is 12.1 Å². The van der Waals surface area contributed by atoms with E-state index in [-0.39, 0.29) is 5.75 Å². The molecule has 1 aromatic carbocycles. The van der Waals surface area contributed by atoms with Gasteiger partial charge < -0.3 is 10.2 Å². The smallest absolute Gasteiger partial charge is 0.216 e. The number of aliphatic hydroxyl groups is 1. The summed E-state index contributed by atoms with van der Waals surface area (Å²) >= 11 is 5.11. The van der Waals surface area contributed by atoms with Crippen molar-refractivity contribution in [2.45, 2.75) is 25.9 Å². The molecule has 0 aliphatic rings. The molecule has 7 heteroatoms. The molecule has 0 spiro atoms. The van der Waals surface area contributed by atoms with E-state index in [2.05, 4.69) is 15.3 Å². The summed E-state index contributed by atoms with van der Waals surface area (Å²) in [4.78, 5) is 0. The van der Waals surface area contributed by atoms with Gasteiger partial charge >= 0.3 is 0 Å². The summed E-state index contributed by atoms with van der Waals surface area (Å²) in [7, 11) is 0. The van der Waals surface area contributed by atoms with E-state index < -0.39 is 6.10 Å². The molecule has 1 aromatic heterocycles. The Hall–Kier alpha value is -1.99. The summed E-state index contributed by atoms with van der Waals surface area (Å²) in [5.41, 5.74) is 0.595. The number of hydrogen-bond acceptors (Lipinski definition) is 5. The van der Waals surface area contributed by atoms with Gasteiger partial charge in [0.2, 0.25) is 4.77 Å². The maximum Gasteiger partial charge on any atom is 0.216 e. The van der Waals surface area contributed by atoms with Gasteiger partial charge in [0.25, 0.3) is 0 Å². The van der Waals surface area contributed by atoms with Crippen molar-refractivity contribution in [3.05, 3.63) is 40.4 Å². The maximum absolute atomic E-state index is 9.67. The zero-order valence-corrected chi connectivity index (χ0v) is 11.8. The lowest BCUT2D eigenvalue weighted by Crippen LogP contribution is -2.06. The molecule has 6 nitrogen and oxygen atoms in total. The highest BCUT2D eigenvalue weighted by atomic mass is 32.1. The normalized spacial score (nSPS) is 12.9. The molecule has 106 valence electrons. The molecule has 3 N–H and O–H groups in total. The molecular formula is C13H16N4O2S. The van der Waals surface area contributed by atoms with Crippen LogP contribution >= 0.6 is 12.2 Å². The van der Waals surface area contributed by atoms with E-state index in [4.69, 9.17) is 12.2 Å². The predicted molar refractivity (Wildman–Crippen MR) is 78.5 cm³/mol. The summed E-state index contributed by atoms with van der Waals surface area (Å²) in [6, 6.07) is 6.89. The van der Waals surface area contributed by atoms with Crippen molar-refractivity contribution in [1.82, 2.24) is 14.9 Å². The molecule has 1 heterocycles. The predicted octanol–water partition coefficient (Wildman–Crippen LogP) is 1.84. The van der Waals surface area contributed by atoms with Crippen LogP contribution in [0.25, 0.3) is 0 Å². The van der Waals surface area contributed by atoms with Crippen molar-refractivity contribution < 1.29 is 10.2 Å². The van der Waals surface area contributed by atoms with Crippen LogP contribution < -0.4 is 0 Å². The Bertz CT molecular complexity index is 660. The van der Waals surface area contributed by atoms with Crippen molar-refractivity contribution in [3.63, 3.8) is 0 Å². The summed E-state index contributed by atoms with van der Waals surface area (Å²) in [5.74, 6) is 0.791. The van der Waals surface area contributed by atoms with Crippen LogP contribution in [0.2, 0.25) is 0 Å². The fraction of sp³-hybridized carbons (Fsp3) is 0.308. The van der Waals surface area contributed by atoms with Gasteiger partial charge in [-0.2, -0.15) is 14.9 Å². The largest absolute Gasteiger partial charge is 0.507 e. The lowest BCUT2D eigenvalue weighted by atomic mass is 10.2. The molecule has 0 radical (unpaired) electrons. The number of benzene rings is 1. The standard InChI is InChI=1S/C13H16N4O2S/c1-9(18)6-7-12-15-16-13(20)17(12)14-8-10-4-2-3-5-11(10)19/h2-5,8-9,18-19H,6-7H2,1H3,(H,16,20)/b14-8+. The first-order valence-electron chi connectivity index (χ1n) is 6.24. The highest BCUT2D eigenvalue weighted by Gasteiger charge is 2.07. The first-order valence-corrected chi connectivity index (χ1v) is 6.65. The van der Waals surface area contributed by atoms with Gasteiger partial charge in [0.05, 0.1) is 12.3 Å². The summed E-state index contributed by atoms with van der Waals surface area (Å²) in [6.45, 7) is 1.72. The number of phenols is 1. The molecule has 20 heavy (non-hydrogen) atoms. The van der Waals surface area contributed by atoms with E-state index in [1.165, 1.54) is 10.9 Å². The zero-order chi connectivity index (χ0) is 14.5. The quantitative estimate of drug-likeness (QED) is 0.580. The number of aromatic nitrogens is 3. The van der Waals surface area contributed by atoms with Crippen LogP contribution in [0.3, 0.4) is 0 Å². The second-order valence-electron chi connectivity index (χ2n) is 4.45. The number of phenolic OH excluding ortho intramolecular Hbond substituents is 1. The minimum Gasteiger partial charge on any atom is -0.507 e. The lowest BCUT2D eigenvalue weighted by molar-refractivity contribution is 0.184. The number of rotatable bonds is 5. The van der Waals surface area contributed by atoms with E-state index in [0.29, 0.717) is 29.0 Å². The highest BCUT2D eigenvalue weighted by molar-refractivity contribution is 7.71. The number of hydrogen-bond donors (Lipinski definition) is 3. The SMILES string of the molecule is CC(O)CCc1n[nH]c(=S)n1/N=C/c1ccccc1O. The Labute approximate surface area is 121 Å². The Balaban J connectivity index is 2.23. The average molecular weight is 292 g/mol. The van der Waals surface area contributed by atoms with E-state index in [9.17, 15) is 10.2 Å². The third-order valence-electron chi connectivity index (χ3n) is 2.75. The minimum atomic E-state index is -0.407. The summed E-state index contributed by atoms with van der Waals surface area (Å²) in [5, 5.41) is 30.0. The van der Waals surface area contributed by atoms with Crippen LogP contribution in [0.5, 0.6) is 5.75 Å². The average Bonchev–Trinajstić information content (AvgIpc) is 2.76. The molecule has 2 rings (SSSR count). The number of aromatic hydroxyl groups is 1. The van der Waals surface area contributed by atoms with Gasteiger partial charge in [-0.3, -0.25) is 5.10 Å². The number of H-pyrrole nitrogens is 1. The molecule has 0 fully saturated rings. The van der Waals surface area contributed by atoms with Crippen molar-refractivity contribution in [2.75, 3.05) is 0 Å². The number of aromatic amines is 1. The topological polar surface area (TPSA) is 86.4 Å². The lowest BCUT2D eigenvalue weighted by Gasteiger charge is -2.03. The third kappa shape index (κ3) is 3.52. The van der Waals surface area contributed by atoms with E-state index >= 15 is 0 Å². The molecule has 0 saturated heterocycles. The van der Waals surface area contributed by atoms with Gasteiger partial charge in [0.15, 0.2) is 5.82 Å². The molecule has 0 saturated carbocycles. The van der Waals surface area contributed by atoms with Gasteiger partial charge in [-0.15, -0.1) is 0 Å². The number of aryl methyl sites for hydroxylation is 1. The monoisotopic (exact) mass is 292 g/mol. The van der Waals surface area contributed by atoms with Crippen LogP contribution in [0.4, 0.5) is 0 Å². The van der Waals surface area contributed by atoms with Crippen molar-refractivity contribution in [2.24, 2.45) is 5.10 Å². The van der Waals surface area contributed by atoms with Crippen molar-refractivity contribution in [3.8, 4) is 5.75 Å². The van der Waals surface area contributed by atoms with Gasteiger partial charge in [-0.25, -0.2) is 0 Å². The minimum absolute atomic E-state index is 0.150. The second-order valence-corrected chi connectivity index (χ2v) is 4.83. The van der Waals surface area contributed by atoms with Gasteiger partial charge in [-0.05, 0) is 37.7 Å². The number of nitrogens with zero attached hydrogens (tertiary/aromatic N) is 3.